The summed E-state index contributed by atoms with van der Waals surface area (Å²) in [5.74, 6) is -0.265. The number of benzene rings is 2. The number of carbonyl (C=O) groups is 1. The average molecular weight is 540 g/mol. The number of pyridine rings is 1. The molecule has 1 aliphatic rings. The quantitative estimate of drug-likeness (QED) is 0.220. The number of hydrogen-bond donors (Lipinski definition) is 1. The Morgan fingerprint density at radius 2 is 1.60 bits per heavy atom. The molecular weight excluding hydrogens is 494 g/mol. The molecule has 1 saturated carbocycles. The molecule has 0 unspecified atom stereocenters. The molecular formula is C36H45NO3. The second-order valence-corrected chi connectivity index (χ2v) is 11.6. The van der Waals surface area contributed by atoms with Crippen LogP contribution in [-0.4, -0.2) is 28.8 Å². The highest BCUT2D eigenvalue weighted by atomic mass is 16.5. The highest BCUT2D eigenvalue weighted by Crippen LogP contribution is 2.41. The van der Waals surface area contributed by atoms with Crippen molar-refractivity contribution in [3.63, 3.8) is 0 Å². The van der Waals surface area contributed by atoms with Gasteiger partial charge in [0.15, 0.2) is 0 Å². The molecule has 3 aromatic rings. The lowest BCUT2D eigenvalue weighted by Crippen LogP contribution is -2.26. The smallest absolute Gasteiger partial charge is 0.310 e. The summed E-state index contributed by atoms with van der Waals surface area (Å²) in [5, 5.41) is 11.1. The summed E-state index contributed by atoms with van der Waals surface area (Å²) in [6, 6.07) is 15.6. The lowest BCUT2D eigenvalue weighted by atomic mass is 9.69. The van der Waals surface area contributed by atoms with E-state index in [4.69, 9.17) is 4.74 Å². The monoisotopic (exact) mass is 539 g/mol. The molecule has 0 radical (unpaired) electrons. The average Bonchev–Trinajstić information content (AvgIpc) is 3.18. The number of aliphatic hydroxyl groups is 1. The summed E-state index contributed by atoms with van der Waals surface area (Å²) in [4.78, 5) is 16.2. The first kappa shape index (κ1) is 29.7. The van der Waals surface area contributed by atoms with Gasteiger partial charge in [0.1, 0.15) is 0 Å². The SMILES string of the molecule is CCC(CC)(c1ccc(/C=C/C2(O)CCCCCC2)c(C)c1)c1ccc(-c2cncc(CC(=O)OC)c2)c(C)c1. The van der Waals surface area contributed by atoms with Crippen LogP contribution in [0.25, 0.3) is 17.2 Å². The Bertz CT molecular complexity index is 1340. The van der Waals surface area contributed by atoms with E-state index in [1.807, 2.05) is 18.3 Å². The summed E-state index contributed by atoms with van der Waals surface area (Å²) >= 11 is 0. The molecule has 0 amide bonds. The van der Waals surface area contributed by atoms with Gasteiger partial charge in [-0.2, -0.15) is 0 Å². The molecule has 2 aromatic carbocycles. The third-order valence-electron chi connectivity index (χ3n) is 9.03. The van der Waals surface area contributed by atoms with Crippen LogP contribution in [-0.2, 0) is 21.4 Å². The number of carbonyl (C=O) groups excluding carboxylic acids is 1. The van der Waals surface area contributed by atoms with Crippen molar-refractivity contribution < 1.29 is 14.6 Å². The van der Waals surface area contributed by atoms with E-state index in [2.05, 4.69) is 75.2 Å². The minimum atomic E-state index is -0.675. The third kappa shape index (κ3) is 6.55. The van der Waals surface area contributed by atoms with Crippen LogP contribution in [0.2, 0.25) is 0 Å². The van der Waals surface area contributed by atoms with Crippen LogP contribution in [0, 0.1) is 13.8 Å². The third-order valence-corrected chi connectivity index (χ3v) is 9.03. The number of methoxy groups -OCH3 is 1. The van der Waals surface area contributed by atoms with Gasteiger partial charge < -0.3 is 9.84 Å². The minimum absolute atomic E-state index is 0.0965. The van der Waals surface area contributed by atoms with Crippen LogP contribution in [0.1, 0.15) is 98.6 Å². The van der Waals surface area contributed by atoms with Crippen molar-refractivity contribution in [2.45, 2.75) is 96.5 Å². The van der Waals surface area contributed by atoms with E-state index >= 15 is 0 Å². The number of hydrogen-bond acceptors (Lipinski definition) is 4. The topological polar surface area (TPSA) is 59.4 Å². The van der Waals surface area contributed by atoms with E-state index in [-0.39, 0.29) is 17.8 Å². The number of ether oxygens (including phenoxy) is 1. The molecule has 1 aromatic heterocycles. The van der Waals surface area contributed by atoms with E-state index in [0.29, 0.717) is 0 Å². The van der Waals surface area contributed by atoms with Crippen LogP contribution >= 0.6 is 0 Å². The normalized spacial score (nSPS) is 15.7. The highest BCUT2D eigenvalue weighted by Gasteiger charge is 2.31. The van der Waals surface area contributed by atoms with Crippen LogP contribution in [0.5, 0.6) is 0 Å². The molecule has 1 fully saturated rings. The summed E-state index contributed by atoms with van der Waals surface area (Å²) < 4.78 is 4.83. The largest absolute Gasteiger partial charge is 0.469 e. The molecule has 0 saturated heterocycles. The fourth-order valence-corrected chi connectivity index (χ4v) is 6.40. The van der Waals surface area contributed by atoms with E-state index in [0.717, 1.165) is 55.2 Å². The van der Waals surface area contributed by atoms with Crippen LogP contribution < -0.4 is 0 Å². The minimum Gasteiger partial charge on any atom is -0.469 e. The summed E-state index contributed by atoms with van der Waals surface area (Å²) in [6.07, 6.45) is 16.3. The maximum Gasteiger partial charge on any atom is 0.310 e. The molecule has 40 heavy (non-hydrogen) atoms. The molecule has 0 bridgehead atoms. The highest BCUT2D eigenvalue weighted by molar-refractivity contribution is 5.74. The van der Waals surface area contributed by atoms with Gasteiger partial charge in [0.2, 0.25) is 0 Å². The van der Waals surface area contributed by atoms with Gasteiger partial charge >= 0.3 is 5.97 Å². The number of aromatic nitrogens is 1. The first-order valence-electron chi connectivity index (χ1n) is 14.9. The zero-order valence-electron chi connectivity index (χ0n) is 24.9. The van der Waals surface area contributed by atoms with E-state index < -0.39 is 5.60 Å². The molecule has 1 aliphatic carbocycles. The fourth-order valence-electron chi connectivity index (χ4n) is 6.40. The molecule has 0 atom stereocenters. The zero-order valence-corrected chi connectivity index (χ0v) is 24.9. The van der Waals surface area contributed by atoms with Crippen molar-refractivity contribution in [1.29, 1.82) is 0 Å². The van der Waals surface area contributed by atoms with Gasteiger partial charge in [-0.1, -0.05) is 88.1 Å². The Hall–Kier alpha value is -3.24. The van der Waals surface area contributed by atoms with Gasteiger partial charge in [0.25, 0.3) is 0 Å². The Kier molecular flexibility index (Phi) is 9.63. The van der Waals surface area contributed by atoms with Crippen molar-refractivity contribution in [2.75, 3.05) is 7.11 Å². The lowest BCUT2D eigenvalue weighted by Gasteiger charge is -2.34. The van der Waals surface area contributed by atoms with Crippen LogP contribution in [0.4, 0.5) is 0 Å². The fraction of sp³-hybridized carbons (Fsp3) is 0.444. The second-order valence-electron chi connectivity index (χ2n) is 11.6. The van der Waals surface area contributed by atoms with E-state index in [9.17, 15) is 9.90 Å². The Labute approximate surface area is 240 Å². The molecule has 1 heterocycles. The maximum absolute atomic E-state index is 11.8. The van der Waals surface area contributed by atoms with Crippen LogP contribution in [0.15, 0.2) is 60.9 Å². The standard InChI is InChI=1S/C36H45NO3/c1-6-36(7-2,31-13-12-29(26(3)20-31)16-19-35(39)17-10-8-9-11-18-35)32-14-15-33(27(4)21-32)30-22-28(24-37-25-30)23-34(38)40-5/h12-16,19-22,24-25,39H,6-11,17-18,23H2,1-5H3/b19-16+. The van der Waals surface area contributed by atoms with Crippen molar-refractivity contribution in [2.24, 2.45) is 0 Å². The van der Waals surface area contributed by atoms with E-state index in [1.165, 1.54) is 47.8 Å². The molecule has 0 spiro atoms. The second kappa shape index (κ2) is 13.0. The summed E-state index contributed by atoms with van der Waals surface area (Å²) in [6.45, 7) is 8.88. The van der Waals surface area contributed by atoms with Gasteiger partial charge in [-0.05, 0) is 84.5 Å². The Morgan fingerprint density at radius 1 is 0.950 bits per heavy atom. The molecule has 4 nitrogen and oxygen atoms in total. The first-order chi connectivity index (χ1) is 19.2. The molecule has 0 aliphatic heterocycles. The summed E-state index contributed by atoms with van der Waals surface area (Å²) in [5.41, 5.74) is 8.44. The summed E-state index contributed by atoms with van der Waals surface area (Å²) in [7, 11) is 1.41. The van der Waals surface area contributed by atoms with Gasteiger partial charge in [-0.3, -0.25) is 9.78 Å². The van der Waals surface area contributed by atoms with Crippen LogP contribution in [0.3, 0.4) is 0 Å². The van der Waals surface area contributed by atoms with Crippen molar-refractivity contribution in [3.8, 4) is 11.1 Å². The van der Waals surface area contributed by atoms with Gasteiger partial charge in [0.05, 0.1) is 19.1 Å². The number of rotatable bonds is 9. The molecule has 212 valence electrons. The van der Waals surface area contributed by atoms with Crippen molar-refractivity contribution in [3.05, 3.63) is 94.3 Å². The number of nitrogens with zero attached hydrogens (tertiary/aromatic N) is 1. The lowest BCUT2D eigenvalue weighted by molar-refractivity contribution is -0.139. The van der Waals surface area contributed by atoms with Crippen molar-refractivity contribution in [1.82, 2.24) is 4.98 Å². The number of aryl methyl sites for hydroxylation is 2. The van der Waals surface area contributed by atoms with E-state index in [1.54, 1.807) is 6.20 Å². The van der Waals surface area contributed by atoms with Gasteiger partial charge in [-0.25, -0.2) is 0 Å². The predicted octanol–water partition coefficient (Wildman–Crippen LogP) is 8.29. The molecule has 4 rings (SSSR count). The molecule has 4 heteroatoms. The Balaban J connectivity index is 1.63. The predicted molar refractivity (Wildman–Crippen MR) is 164 cm³/mol. The molecule has 1 N–H and O–H groups in total. The number of esters is 1. The van der Waals surface area contributed by atoms with Crippen molar-refractivity contribution >= 4 is 12.0 Å². The van der Waals surface area contributed by atoms with Gasteiger partial charge in [-0.15, -0.1) is 0 Å². The zero-order chi connectivity index (χ0) is 28.8. The first-order valence-corrected chi connectivity index (χ1v) is 14.9. The van der Waals surface area contributed by atoms with Gasteiger partial charge in [0, 0.05) is 23.4 Å². The Morgan fingerprint density at radius 3 is 2.20 bits per heavy atom. The maximum atomic E-state index is 11.8.